The quantitative estimate of drug-likeness (QED) is 0.611. The van der Waals surface area contributed by atoms with E-state index in [1.54, 1.807) is 0 Å². The molecule has 1 amide bonds. The van der Waals surface area contributed by atoms with Crippen molar-refractivity contribution < 1.29 is 23.7 Å². The largest absolute Gasteiger partial charge is 0.371 e. The van der Waals surface area contributed by atoms with E-state index < -0.39 is 11.4 Å². The Hall–Kier alpha value is -2.25. The van der Waals surface area contributed by atoms with Gasteiger partial charge in [0, 0.05) is 18.9 Å². The van der Waals surface area contributed by atoms with Crippen LogP contribution in [0.1, 0.15) is 57.2 Å². The summed E-state index contributed by atoms with van der Waals surface area (Å²) < 4.78 is 25.4. The minimum absolute atomic E-state index is 0.00784. The van der Waals surface area contributed by atoms with E-state index in [1.807, 2.05) is 58.0 Å². The van der Waals surface area contributed by atoms with Crippen LogP contribution in [-0.4, -0.2) is 41.6 Å². The van der Waals surface area contributed by atoms with E-state index in [9.17, 15) is 4.79 Å². The zero-order chi connectivity index (χ0) is 24.3. The number of ether oxygens (including phenoxy) is 4. The number of rotatable bonds is 8. The molecule has 4 atom stereocenters. The van der Waals surface area contributed by atoms with Gasteiger partial charge in [-0.25, -0.2) is 0 Å². The number of benzene rings is 2. The fourth-order valence-corrected chi connectivity index (χ4v) is 4.79. The van der Waals surface area contributed by atoms with E-state index in [2.05, 4.69) is 36.5 Å². The summed E-state index contributed by atoms with van der Waals surface area (Å²) in [6.07, 6.45) is -0.112. The maximum atomic E-state index is 13.6. The van der Waals surface area contributed by atoms with Gasteiger partial charge in [0.2, 0.25) is 0 Å². The first kappa shape index (κ1) is 24.9. The molecule has 1 heterocycles. The number of fused-ring (bicyclic) bond motifs is 1. The molecule has 1 aliphatic heterocycles. The summed E-state index contributed by atoms with van der Waals surface area (Å²) in [7, 11) is 0. The molecular weight excluding hydrogens is 430 g/mol. The van der Waals surface area contributed by atoms with E-state index in [4.69, 9.17) is 18.9 Å². The number of hydrogen-bond donors (Lipinski definition) is 1. The van der Waals surface area contributed by atoms with Crippen molar-refractivity contribution in [3.05, 3.63) is 71.3 Å². The zero-order valence-electron chi connectivity index (χ0n) is 20.9. The van der Waals surface area contributed by atoms with Gasteiger partial charge in [0.1, 0.15) is 6.10 Å². The molecule has 0 bridgehead atoms. The molecule has 0 aromatic heterocycles. The number of nitrogens with one attached hydrogen (secondary N) is 1. The molecule has 4 rings (SSSR count). The molecule has 1 N–H and O–H groups in total. The third-order valence-electron chi connectivity index (χ3n) is 6.43. The fraction of sp³-hybridized carbons (Fsp3) is 0.536. The summed E-state index contributed by atoms with van der Waals surface area (Å²) in [6.45, 7) is 10.5. The second kappa shape index (κ2) is 10.2. The molecule has 2 aromatic rings. The molecule has 0 radical (unpaired) electrons. The summed E-state index contributed by atoms with van der Waals surface area (Å²) in [5.74, 6) is -0.876. The maximum Gasteiger partial charge on any atom is 0.252 e. The van der Waals surface area contributed by atoms with Crippen LogP contribution in [0.5, 0.6) is 0 Å². The maximum absolute atomic E-state index is 13.6. The van der Waals surface area contributed by atoms with Crippen LogP contribution >= 0.6 is 0 Å². The molecule has 1 saturated heterocycles. The third kappa shape index (κ3) is 5.87. The molecule has 0 spiro atoms. The Morgan fingerprint density at radius 2 is 1.68 bits per heavy atom. The highest BCUT2D eigenvalue weighted by Gasteiger charge is 2.58. The highest BCUT2D eigenvalue weighted by molar-refractivity contribution is 5.85. The van der Waals surface area contributed by atoms with Gasteiger partial charge in [0.05, 0.1) is 25.4 Å². The molecule has 2 aromatic carbocycles. The lowest BCUT2D eigenvalue weighted by atomic mass is 9.78. The van der Waals surface area contributed by atoms with E-state index in [-0.39, 0.29) is 30.3 Å². The van der Waals surface area contributed by atoms with Crippen molar-refractivity contribution >= 4 is 5.91 Å². The molecular formula is C28H37NO5. The lowest BCUT2D eigenvalue weighted by molar-refractivity contribution is -0.183. The molecule has 1 saturated carbocycles. The van der Waals surface area contributed by atoms with Crippen LogP contribution in [0.15, 0.2) is 54.6 Å². The summed E-state index contributed by atoms with van der Waals surface area (Å²) >= 11 is 0. The second-order valence-electron chi connectivity index (χ2n) is 10.3. The first-order chi connectivity index (χ1) is 16.2. The second-order valence-corrected chi connectivity index (χ2v) is 10.3. The highest BCUT2D eigenvalue weighted by atomic mass is 16.8. The van der Waals surface area contributed by atoms with Gasteiger partial charge in [-0.2, -0.15) is 0 Å². The summed E-state index contributed by atoms with van der Waals surface area (Å²) in [5, 5.41) is 3.07. The zero-order valence-corrected chi connectivity index (χ0v) is 20.9. The van der Waals surface area contributed by atoms with Crippen molar-refractivity contribution in [1.82, 2.24) is 5.32 Å². The lowest BCUT2D eigenvalue weighted by Gasteiger charge is -2.43. The van der Waals surface area contributed by atoms with E-state index in [0.717, 1.165) is 11.1 Å². The Morgan fingerprint density at radius 3 is 2.35 bits per heavy atom. The normalized spacial score (nSPS) is 28.0. The van der Waals surface area contributed by atoms with Gasteiger partial charge in [-0.15, -0.1) is 0 Å². The monoisotopic (exact) mass is 467 g/mol. The van der Waals surface area contributed by atoms with Crippen molar-refractivity contribution in [2.24, 2.45) is 0 Å². The number of aryl methyl sites for hydroxylation is 1. The Morgan fingerprint density at radius 1 is 1.00 bits per heavy atom. The minimum Gasteiger partial charge on any atom is -0.371 e. The molecule has 184 valence electrons. The van der Waals surface area contributed by atoms with Crippen molar-refractivity contribution in [3.63, 3.8) is 0 Å². The first-order valence-electron chi connectivity index (χ1n) is 12.2. The molecule has 1 aliphatic carbocycles. The van der Waals surface area contributed by atoms with Crippen LogP contribution in [-0.2, 0) is 37.0 Å². The van der Waals surface area contributed by atoms with Gasteiger partial charge < -0.3 is 24.3 Å². The van der Waals surface area contributed by atoms with Crippen LogP contribution in [0.4, 0.5) is 0 Å². The van der Waals surface area contributed by atoms with Gasteiger partial charge in [-0.1, -0.05) is 60.2 Å². The smallest absolute Gasteiger partial charge is 0.252 e. The molecule has 1 unspecified atom stereocenters. The molecule has 6 heteroatoms. The summed E-state index contributed by atoms with van der Waals surface area (Å²) in [4.78, 5) is 13.6. The standard InChI is InChI=1S/C28H37NO5/c1-19(2)29-26(30)28(32-18-21-9-7-6-8-10-21)15-23(25-24(16-28)33-27(4,5)34-25)31-17-22-13-11-20(3)12-14-22/h6-14,19,23-25H,15-18H2,1-5H3,(H,29,30)/t23?,24-,25+,28-/m1/s1. The van der Waals surface area contributed by atoms with Crippen LogP contribution < -0.4 is 5.32 Å². The van der Waals surface area contributed by atoms with Crippen LogP contribution in [0.25, 0.3) is 0 Å². The Kier molecular flexibility index (Phi) is 7.43. The Labute approximate surface area is 202 Å². The Bertz CT molecular complexity index is 959. The number of carbonyl (C=O) groups excluding carboxylic acids is 1. The Balaban J connectivity index is 1.59. The van der Waals surface area contributed by atoms with Crippen LogP contribution in [0.2, 0.25) is 0 Å². The SMILES string of the molecule is Cc1ccc(COC2C[C@](OCc3ccccc3)(C(=O)NC(C)C)C[C@H]3OC(C)(C)O[C@@H]23)cc1. The number of amides is 1. The topological polar surface area (TPSA) is 66.0 Å². The van der Waals surface area contributed by atoms with Gasteiger partial charge in [0.25, 0.3) is 5.91 Å². The summed E-state index contributed by atoms with van der Waals surface area (Å²) in [6, 6.07) is 18.2. The van der Waals surface area contributed by atoms with E-state index in [1.165, 1.54) is 5.56 Å². The lowest BCUT2D eigenvalue weighted by Crippen LogP contribution is -2.60. The average Bonchev–Trinajstić information content (AvgIpc) is 3.11. The number of carbonyl (C=O) groups is 1. The van der Waals surface area contributed by atoms with Gasteiger partial charge in [0.15, 0.2) is 11.4 Å². The minimum atomic E-state index is -1.08. The first-order valence-corrected chi connectivity index (χ1v) is 12.2. The average molecular weight is 468 g/mol. The fourth-order valence-electron chi connectivity index (χ4n) is 4.79. The van der Waals surface area contributed by atoms with E-state index >= 15 is 0 Å². The van der Waals surface area contributed by atoms with Gasteiger partial charge in [-0.05, 0) is 45.7 Å². The predicted molar refractivity (Wildman–Crippen MR) is 130 cm³/mol. The van der Waals surface area contributed by atoms with Crippen LogP contribution in [0.3, 0.4) is 0 Å². The van der Waals surface area contributed by atoms with Gasteiger partial charge in [-0.3, -0.25) is 4.79 Å². The van der Waals surface area contributed by atoms with Crippen LogP contribution in [0, 0.1) is 6.92 Å². The highest BCUT2D eigenvalue weighted by Crippen LogP contribution is 2.44. The molecule has 34 heavy (non-hydrogen) atoms. The molecule has 2 fully saturated rings. The predicted octanol–water partition coefficient (Wildman–Crippen LogP) is 4.67. The van der Waals surface area contributed by atoms with Crippen molar-refractivity contribution in [3.8, 4) is 0 Å². The summed E-state index contributed by atoms with van der Waals surface area (Å²) in [5.41, 5.74) is 2.22. The van der Waals surface area contributed by atoms with Crippen molar-refractivity contribution in [2.75, 3.05) is 0 Å². The third-order valence-corrected chi connectivity index (χ3v) is 6.43. The van der Waals surface area contributed by atoms with Crippen molar-refractivity contribution in [1.29, 1.82) is 0 Å². The molecule has 2 aliphatic rings. The van der Waals surface area contributed by atoms with Crippen molar-refractivity contribution in [2.45, 2.75) is 96.4 Å². The van der Waals surface area contributed by atoms with Gasteiger partial charge >= 0.3 is 0 Å². The van der Waals surface area contributed by atoms with E-state index in [0.29, 0.717) is 26.1 Å². The number of hydrogen-bond acceptors (Lipinski definition) is 5. The molecule has 6 nitrogen and oxygen atoms in total.